The Labute approximate surface area is 102 Å². The topological polar surface area (TPSA) is 89.3 Å². The highest BCUT2D eigenvalue weighted by atomic mass is 32.2. The Hall–Kier alpha value is -1.54. The second kappa shape index (κ2) is 4.29. The number of hydrogen-bond acceptors (Lipinski definition) is 3. The van der Waals surface area contributed by atoms with E-state index in [1.165, 1.54) is 0 Å². The van der Waals surface area contributed by atoms with Crippen LogP contribution in [0.15, 0.2) is 17.0 Å². The molecule has 1 aliphatic carbocycles. The summed E-state index contributed by atoms with van der Waals surface area (Å²) in [4.78, 5) is 11.0. The summed E-state index contributed by atoms with van der Waals surface area (Å²) in [6, 6.07) is 1.11. The van der Waals surface area contributed by atoms with Crippen LogP contribution in [0, 0.1) is 11.6 Å². The summed E-state index contributed by atoms with van der Waals surface area (Å²) in [5.41, 5.74) is -0.661. The maximum atomic E-state index is 13.4. The van der Waals surface area contributed by atoms with Gasteiger partial charge in [0.15, 0.2) is 11.6 Å². The summed E-state index contributed by atoms with van der Waals surface area (Å²) in [6.07, 6.45) is 1.54. The maximum Gasteiger partial charge on any atom is 0.254 e. The molecule has 0 heterocycles. The molecular formula is C10H10F2N2O3S. The zero-order chi connectivity index (χ0) is 13.5. The van der Waals surface area contributed by atoms with Crippen LogP contribution in [-0.4, -0.2) is 20.4 Å². The van der Waals surface area contributed by atoms with Crippen molar-refractivity contribution in [3.63, 3.8) is 0 Å². The number of hydrogen-bond donors (Lipinski definition) is 2. The van der Waals surface area contributed by atoms with Gasteiger partial charge in [-0.1, -0.05) is 0 Å². The Morgan fingerprint density at radius 1 is 1.33 bits per heavy atom. The molecule has 1 aliphatic rings. The number of carbonyl (C=O) groups excluding carboxylic acids is 1. The molecule has 0 aromatic heterocycles. The monoisotopic (exact) mass is 276 g/mol. The predicted molar refractivity (Wildman–Crippen MR) is 58.2 cm³/mol. The van der Waals surface area contributed by atoms with E-state index in [1.807, 2.05) is 0 Å². The first-order valence-electron chi connectivity index (χ1n) is 5.12. The molecule has 98 valence electrons. The van der Waals surface area contributed by atoms with E-state index in [2.05, 4.69) is 5.32 Å². The molecule has 1 aromatic rings. The number of carbonyl (C=O) groups is 1. The van der Waals surface area contributed by atoms with E-state index in [4.69, 9.17) is 5.14 Å². The van der Waals surface area contributed by atoms with E-state index in [0.29, 0.717) is 6.07 Å². The minimum atomic E-state index is -4.20. The minimum Gasteiger partial charge on any atom is -0.349 e. The number of nitrogens with one attached hydrogen (secondary N) is 1. The zero-order valence-corrected chi connectivity index (χ0v) is 9.93. The van der Waals surface area contributed by atoms with Crippen LogP contribution in [0.5, 0.6) is 0 Å². The fraction of sp³-hybridized carbons (Fsp3) is 0.300. The van der Waals surface area contributed by atoms with Gasteiger partial charge in [0.25, 0.3) is 5.91 Å². The van der Waals surface area contributed by atoms with Crippen molar-refractivity contribution in [3.05, 3.63) is 29.3 Å². The van der Waals surface area contributed by atoms with Gasteiger partial charge >= 0.3 is 0 Å². The standard InChI is InChI=1S/C10H10F2N2O3S/c11-8-4-6(18(13,16)17)3-7(9(8)12)10(15)14-5-1-2-5/h3-5H,1-2H2,(H,14,15)(H2,13,16,17). The van der Waals surface area contributed by atoms with E-state index >= 15 is 0 Å². The first-order chi connectivity index (χ1) is 8.29. The van der Waals surface area contributed by atoms with Crippen LogP contribution in [0.2, 0.25) is 0 Å². The highest BCUT2D eigenvalue weighted by molar-refractivity contribution is 7.89. The number of sulfonamides is 1. The third kappa shape index (κ3) is 2.65. The molecule has 18 heavy (non-hydrogen) atoms. The van der Waals surface area contributed by atoms with E-state index in [-0.39, 0.29) is 6.04 Å². The Morgan fingerprint density at radius 3 is 2.44 bits per heavy atom. The van der Waals surface area contributed by atoms with Crippen molar-refractivity contribution in [2.75, 3.05) is 0 Å². The van der Waals surface area contributed by atoms with Gasteiger partial charge in [-0.05, 0) is 25.0 Å². The largest absolute Gasteiger partial charge is 0.349 e. The highest BCUT2D eigenvalue weighted by Crippen LogP contribution is 2.22. The Balaban J connectivity index is 2.44. The average molecular weight is 276 g/mol. The molecule has 0 bridgehead atoms. The van der Waals surface area contributed by atoms with Crippen molar-refractivity contribution >= 4 is 15.9 Å². The third-order valence-corrected chi connectivity index (χ3v) is 3.38. The summed E-state index contributed by atoms with van der Waals surface area (Å²) >= 11 is 0. The Kier molecular flexibility index (Phi) is 3.07. The van der Waals surface area contributed by atoms with Crippen molar-refractivity contribution in [1.29, 1.82) is 0 Å². The smallest absolute Gasteiger partial charge is 0.254 e. The zero-order valence-electron chi connectivity index (χ0n) is 9.11. The number of amides is 1. The second-order valence-electron chi connectivity index (χ2n) is 4.06. The van der Waals surface area contributed by atoms with E-state index in [9.17, 15) is 22.0 Å². The molecule has 0 atom stereocenters. The number of nitrogens with two attached hydrogens (primary N) is 1. The van der Waals surface area contributed by atoms with Gasteiger partial charge in [-0.25, -0.2) is 22.3 Å². The van der Waals surface area contributed by atoms with Gasteiger partial charge in [0.2, 0.25) is 10.0 Å². The third-order valence-electron chi connectivity index (χ3n) is 2.49. The number of rotatable bonds is 3. The lowest BCUT2D eigenvalue weighted by molar-refractivity contribution is 0.0945. The molecular weight excluding hydrogens is 266 g/mol. The van der Waals surface area contributed by atoms with Gasteiger partial charge in [0.1, 0.15) is 0 Å². The van der Waals surface area contributed by atoms with E-state index in [1.54, 1.807) is 0 Å². The Bertz CT molecular complexity index is 612. The van der Waals surface area contributed by atoms with Gasteiger partial charge in [-0.2, -0.15) is 0 Å². The van der Waals surface area contributed by atoms with Crippen LogP contribution in [0.3, 0.4) is 0 Å². The summed E-state index contributed by atoms with van der Waals surface area (Å²) in [5, 5.41) is 7.25. The fourth-order valence-corrected chi connectivity index (χ4v) is 1.93. The SMILES string of the molecule is NS(=O)(=O)c1cc(F)c(F)c(C(=O)NC2CC2)c1. The minimum absolute atomic E-state index is 0.0573. The van der Waals surface area contributed by atoms with Crippen LogP contribution in [0.1, 0.15) is 23.2 Å². The lowest BCUT2D eigenvalue weighted by Gasteiger charge is -2.07. The van der Waals surface area contributed by atoms with Crippen LogP contribution in [-0.2, 0) is 10.0 Å². The molecule has 0 aliphatic heterocycles. The van der Waals surface area contributed by atoms with E-state index < -0.39 is 38.0 Å². The van der Waals surface area contributed by atoms with Crippen molar-refractivity contribution in [2.45, 2.75) is 23.8 Å². The summed E-state index contributed by atoms with van der Waals surface area (Å²) in [7, 11) is -4.20. The van der Waals surface area contributed by atoms with Crippen molar-refractivity contribution in [2.24, 2.45) is 5.14 Å². The quantitative estimate of drug-likeness (QED) is 0.842. The van der Waals surface area contributed by atoms with Gasteiger partial charge in [-0.3, -0.25) is 4.79 Å². The second-order valence-corrected chi connectivity index (χ2v) is 5.62. The number of primary sulfonamides is 1. The molecule has 0 unspecified atom stereocenters. The molecule has 1 saturated carbocycles. The summed E-state index contributed by atoms with van der Waals surface area (Å²) in [5.74, 6) is -3.66. The van der Waals surface area contributed by atoms with Crippen LogP contribution < -0.4 is 10.5 Å². The lowest BCUT2D eigenvalue weighted by Crippen LogP contribution is -2.27. The summed E-state index contributed by atoms with van der Waals surface area (Å²) in [6.45, 7) is 0. The first-order valence-corrected chi connectivity index (χ1v) is 6.66. The molecule has 0 spiro atoms. The molecule has 2 rings (SSSR count). The lowest BCUT2D eigenvalue weighted by atomic mass is 10.2. The molecule has 8 heteroatoms. The normalized spacial score (nSPS) is 15.5. The van der Waals surface area contributed by atoms with Crippen LogP contribution in [0.4, 0.5) is 8.78 Å². The summed E-state index contributed by atoms with van der Waals surface area (Å²) < 4.78 is 48.8. The molecule has 5 nitrogen and oxygen atoms in total. The highest BCUT2D eigenvalue weighted by Gasteiger charge is 2.27. The number of halogens is 2. The predicted octanol–water partition coefficient (Wildman–Crippen LogP) is 0.504. The molecule has 3 N–H and O–H groups in total. The molecule has 0 saturated heterocycles. The van der Waals surface area contributed by atoms with Crippen molar-refractivity contribution in [3.8, 4) is 0 Å². The number of benzene rings is 1. The van der Waals surface area contributed by atoms with Crippen molar-refractivity contribution < 1.29 is 22.0 Å². The van der Waals surface area contributed by atoms with Gasteiger partial charge < -0.3 is 5.32 Å². The van der Waals surface area contributed by atoms with Crippen LogP contribution >= 0.6 is 0 Å². The van der Waals surface area contributed by atoms with Gasteiger partial charge in [-0.15, -0.1) is 0 Å². The van der Waals surface area contributed by atoms with Gasteiger partial charge in [0.05, 0.1) is 10.5 Å². The fourth-order valence-electron chi connectivity index (χ4n) is 1.38. The molecule has 1 aromatic carbocycles. The molecule has 0 radical (unpaired) electrons. The van der Waals surface area contributed by atoms with E-state index in [0.717, 1.165) is 18.9 Å². The Morgan fingerprint density at radius 2 is 1.94 bits per heavy atom. The van der Waals surface area contributed by atoms with Gasteiger partial charge in [0, 0.05) is 6.04 Å². The average Bonchev–Trinajstić information content (AvgIpc) is 3.03. The first kappa shape index (κ1) is 12.9. The van der Waals surface area contributed by atoms with Crippen molar-refractivity contribution in [1.82, 2.24) is 5.32 Å². The maximum absolute atomic E-state index is 13.4. The molecule has 1 amide bonds. The van der Waals surface area contributed by atoms with Crippen LogP contribution in [0.25, 0.3) is 0 Å². The molecule has 1 fully saturated rings.